The lowest BCUT2D eigenvalue weighted by Crippen LogP contribution is -1.97. The Bertz CT molecular complexity index is 920. The van der Waals surface area contributed by atoms with E-state index in [9.17, 15) is 5.26 Å². The molecule has 0 aliphatic carbocycles. The Kier molecular flexibility index (Phi) is 3.38. The number of nitriles is 1. The van der Waals surface area contributed by atoms with Gasteiger partial charge < -0.3 is 4.98 Å². The lowest BCUT2D eigenvalue weighted by molar-refractivity contribution is 1.06. The van der Waals surface area contributed by atoms with Gasteiger partial charge in [-0.3, -0.25) is 4.57 Å². The summed E-state index contributed by atoms with van der Waals surface area (Å²) < 4.78 is 3.25. The van der Waals surface area contributed by atoms with Crippen LogP contribution in [0.2, 0.25) is 5.02 Å². The molecule has 0 bridgehead atoms. The van der Waals surface area contributed by atoms with Crippen molar-refractivity contribution < 1.29 is 0 Å². The van der Waals surface area contributed by atoms with Gasteiger partial charge in [-0.2, -0.15) is 5.26 Å². The fourth-order valence-corrected chi connectivity index (χ4v) is 2.94. The van der Waals surface area contributed by atoms with Crippen molar-refractivity contribution in [3.8, 4) is 11.8 Å². The number of halogens is 2. The summed E-state index contributed by atoms with van der Waals surface area (Å²) in [5.41, 5.74) is 3.01. The summed E-state index contributed by atoms with van der Waals surface area (Å²) >= 11 is 14.8. The molecular weight excluding hydrogens is 358 g/mol. The van der Waals surface area contributed by atoms with Gasteiger partial charge in [-0.1, -0.05) is 27.5 Å². The highest BCUT2D eigenvalue weighted by Gasteiger charge is 2.11. The molecule has 3 nitrogen and oxygen atoms in total. The minimum absolute atomic E-state index is 0.525. The quantitative estimate of drug-likeness (QED) is 0.619. The second-order valence-corrected chi connectivity index (χ2v) is 5.94. The van der Waals surface area contributed by atoms with Gasteiger partial charge in [0.25, 0.3) is 0 Å². The number of rotatable bonds is 1. The molecule has 0 unspecified atom stereocenters. The smallest absolute Gasteiger partial charge is 0.182 e. The largest absolute Gasteiger partial charge is 0.330 e. The summed E-state index contributed by atoms with van der Waals surface area (Å²) in [6.07, 6.45) is 0. The molecule has 3 rings (SSSR count). The minimum Gasteiger partial charge on any atom is -0.330 e. The zero-order valence-corrected chi connectivity index (χ0v) is 13.2. The van der Waals surface area contributed by atoms with Gasteiger partial charge in [0, 0.05) is 9.50 Å². The molecule has 0 saturated carbocycles. The monoisotopic (exact) mass is 363 g/mol. The number of benzene rings is 2. The molecule has 0 fully saturated rings. The van der Waals surface area contributed by atoms with Crippen molar-refractivity contribution in [3.05, 3.63) is 56.2 Å². The van der Waals surface area contributed by atoms with Crippen LogP contribution in [0, 0.1) is 16.1 Å². The number of hydrogen-bond donors (Lipinski definition) is 1. The lowest BCUT2D eigenvalue weighted by atomic mass is 10.2. The van der Waals surface area contributed by atoms with Crippen LogP contribution in [0.1, 0.15) is 5.56 Å². The summed E-state index contributed by atoms with van der Waals surface area (Å²) in [5.74, 6) is 0. The van der Waals surface area contributed by atoms with E-state index >= 15 is 0 Å². The molecule has 1 aromatic heterocycles. The molecule has 0 aliphatic heterocycles. The Morgan fingerprint density at radius 3 is 2.80 bits per heavy atom. The van der Waals surface area contributed by atoms with Crippen molar-refractivity contribution in [2.24, 2.45) is 0 Å². The first kappa shape index (κ1) is 13.4. The number of aromatic amines is 1. The van der Waals surface area contributed by atoms with E-state index in [1.807, 2.05) is 28.8 Å². The second-order valence-electron chi connectivity index (χ2n) is 4.20. The van der Waals surface area contributed by atoms with Gasteiger partial charge in [0.2, 0.25) is 0 Å². The number of imidazole rings is 1. The van der Waals surface area contributed by atoms with Crippen LogP contribution in [0.3, 0.4) is 0 Å². The predicted molar refractivity (Wildman–Crippen MR) is 85.9 cm³/mol. The van der Waals surface area contributed by atoms with Gasteiger partial charge in [-0.15, -0.1) is 0 Å². The fraction of sp³-hybridized carbons (Fsp3) is 0. The molecule has 1 N–H and O–H groups in total. The Hall–Kier alpha value is -1.61. The van der Waals surface area contributed by atoms with E-state index in [1.54, 1.807) is 12.1 Å². The molecule has 6 heteroatoms. The lowest BCUT2D eigenvalue weighted by Gasteiger charge is -2.07. The Morgan fingerprint density at radius 1 is 1.25 bits per heavy atom. The Morgan fingerprint density at radius 2 is 2.05 bits per heavy atom. The minimum atomic E-state index is 0.525. The first-order valence-electron chi connectivity index (χ1n) is 5.70. The van der Waals surface area contributed by atoms with E-state index in [2.05, 4.69) is 27.0 Å². The number of fused-ring (bicyclic) bond motifs is 1. The van der Waals surface area contributed by atoms with Gasteiger partial charge in [-0.05, 0) is 48.6 Å². The Balaban J connectivity index is 2.41. The maximum atomic E-state index is 9.27. The van der Waals surface area contributed by atoms with Crippen LogP contribution in [-0.2, 0) is 0 Å². The van der Waals surface area contributed by atoms with Crippen molar-refractivity contribution in [2.45, 2.75) is 0 Å². The zero-order chi connectivity index (χ0) is 14.3. The summed E-state index contributed by atoms with van der Waals surface area (Å²) in [7, 11) is 0. The van der Waals surface area contributed by atoms with Crippen LogP contribution < -0.4 is 0 Å². The third-order valence-corrected chi connectivity index (χ3v) is 3.98. The van der Waals surface area contributed by atoms with Crippen molar-refractivity contribution in [1.29, 1.82) is 5.26 Å². The van der Waals surface area contributed by atoms with Crippen LogP contribution >= 0.6 is 39.7 Å². The molecular formula is C14H7BrClN3S. The second kappa shape index (κ2) is 5.06. The Labute approximate surface area is 133 Å². The van der Waals surface area contributed by atoms with E-state index in [0.717, 1.165) is 21.2 Å². The third-order valence-electron chi connectivity index (χ3n) is 2.97. The summed E-state index contributed by atoms with van der Waals surface area (Å²) in [4.78, 5) is 3.11. The van der Waals surface area contributed by atoms with Crippen molar-refractivity contribution in [3.63, 3.8) is 0 Å². The van der Waals surface area contributed by atoms with Crippen LogP contribution in [-0.4, -0.2) is 9.55 Å². The van der Waals surface area contributed by atoms with E-state index in [0.29, 0.717) is 15.4 Å². The van der Waals surface area contributed by atoms with Gasteiger partial charge in [0.05, 0.1) is 22.3 Å². The fourth-order valence-electron chi connectivity index (χ4n) is 2.11. The average Bonchev–Trinajstić information content (AvgIpc) is 2.73. The topological polar surface area (TPSA) is 44.5 Å². The standard InChI is InChI=1S/C14H7BrClN3S/c15-9-2-1-8(7-17)13(5-9)19-12-4-3-10(16)6-11(12)18-14(19)20/h1-6H,(H,18,20). The van der Waals surface area contributed by atoms with E-state index in [-0.39, 0.29) is 0 Å². The van der Waals surface area contributed by atoms with Gasteiger partial charge in [0.15, 0.2) is 4.77 Å². The molecule has 98 valence electrons. The number of nitrogens with zero attached hydrogens (tertiary/aromatic N) is 2. The third kappa shape index (κ3) is 2.16. The highest BCUT2D eigenvalue weighted by atomic mass is 79.9. The summed E-state index contributed by atoms with van der Waals surface area (Å²) in [6.45, 7) is 0. The molecule has 2 aromatic carbocycles. The number of hydrogen-bond acceptors (Lipinski definition) is 2. The zero-order valence-electron chi connectivity index (χ0n) is 10.0. The maximum Gasteiger partial charge on any atom is 0.182 e. The van der Waals surface area contributed by atoms with Crippen LogP contribution in [0.4, 0.5) is 0 Å². The van der Waals surface area contributed by atoms with E-state index in [4.69, 9.17) is 23.8 Å². The molecule has 0 atom stereocenters. The van der Waals surface area contributed by atoms with Crippen LogP contribution in [0.5, 0.6) is 0 Å². The van der Waals surface area contributed by atoms with Gasteiger partial charge >= 0.3 is 0 Å². The predicted octanol–water partition coefficient (Wildman–Crippen LogP) is 4.98. The van der Waals surface area contributed by atoms with E-state index < -0.39 is 0 Å². The van der Waals surface area contributed by atoms with Crippen molar-refractivity contribution in [1.82, 2.24) is 9.55 Å². The van der Waals surface area contributed by atoms with Gasteiger partial charge in [0.1, 0.15) is 6.07 Å². The normalized spacial score (nSPS) is 10.7. The summed E-state index contributed by atoms with van der Waals surface area (Å²) in [5, 5.41) is 9.91. The molecule has 20 heavy (non-hydrogen) atoms. The summed E-state index contributed by atoms with van der Waals surface area (Å²) in [6, 6.07) is 13.1. The molecule has 0 radical (unpaired) electrons. The molecule has 3 aromatic rings. The molecule has 0 amide bonds. The SMILES string of the molecule is N#Cc1ccc(Br)cc1-n1c(=S)[nH]c2cc(Cl)ccc21. The maximum absolute atomic E-state index is 9.27. The molecule has 1 heterocycles. The highest BCUT2D eigenvalue weighted by molar-refractivity contribution is 9.10. The number of aromatic nitrogens is 2. The first-order valence-corrected chi connectivity index (χ1v) is 7.28. The molecule has 0 aliphatic rings. The van der Waals surface area contributed by atoms with E-state index in [1.165, 1.54) is 0 Å². The number of H-pyrrole nitrogens is 1. The number of nitrogens with one attached hydrogen (secondary N) is 1. The van der Waals surface area contributed by atoms with Crippen LogP contribution in [0.15, 0.2) is 40.9 Å². The van der Waals surface area contributed by atoms with Crippen molar-refractivity contribution >= 4 is 50.8 Å². The van der Waals surface area contributed by atoms with Gasteiger partial charge in [-0.25, -0.2) is 0 Å². The van der Waals surface area contributed by atoms with Crippen molar-refractivity contribution in [2.75, 3.05) is 0 Å². The molecule has 0 spiro atoms. The highest BCUT2D eigenvalue weighted by Crippen LogP contribution is 2.26. The van der Waals surface area contributed by atoms with Crippen LogP contribution in [0.25, 0.3) is 16.7 Å². The average molecular weight is 365 g/mol. The molecule has 0 saturated heterocycles. The first-order chi connectivity index (χ1) is 9.60.